The van der Waals surface area contributed by atoms with Crippen LogP contribution in [-0.4, -0.2) is 52.3 Å². The molecule has 284 valence electrons. The molecule has 0 atom stereocenters. The molecule has 0 amide bonds. The highest BCUT2D eigenvalue weighted by Crippen LogP contribution is 2.38. The number of methoxy groups -OCH3 is 2. The van der Waals surface area contributed by atoms with Crippen LogP contribution in [0.5, 0.6) is 17.2 Å². The summed E-state index contributed by atoms with van der Waals surface area (Å²) in [5.74, 6) is 4.01. The smallest absolute Gasteiger partial charge is 0.330 e. The first-order valence-electron chi connectivity index (χ1n) is 19.0. The lowest BCUT2D eigenvalue weighted by atomic mass is 9.77. The van der Waals surface area contributed by atoms with Crippen molar-refractivity contribution in [2.75, 3.05) is 27.4 Å². The molecule has 2 saturated carbocycles. The molecular formula is C43H64O8. The Hall–Kier alpha value is -3.94. The quantitative estimate of drug-likeness (QED) is 0.0692. The second kappa shape index (κ2) is 28.7. The van der Waals surface area contributed by atoms with E-state index in [9.17, 15) is 19.2 Å². The molecule has 0 spiro atoms. The number of aldehydes is 3. The van der Waals surface area contributed by atoms with Crippen molar-refractivity contribution in [3.8, 4) is 17.2 Å². The molecule has 51 heavy (non-hydrogen) atoms. The number of rotatable bonds is 17. The van der Waals surface area contributed by atoms with Crippen molar-refractivity contribution in [2.45, 2.75) is 117 Å². The van der Waals surface area contributed by atoms with Gasteiger partial charge in [-0.25, -0.2) is 4.79 Å². The molecule has 0 radical (unpaired) electrons. The molecule has 0 unspecified atom stereocenters. The minimum Gasteiger partial charge on any atom is -0.497 e. The molecule has 4 rings (SSSR count). The number of hydrogen-bond acceptors (Lipinski definition) is 8. The summed E-state index contributed by atoms with van der Waals surface area (Å²) in [6, 6.07) is 13.6. The fourth-order valence-electron chi connectivity index (χ4n) is 6.36. The van der Waals surface area contributed by atoms with Crippen LogP contribution in [-0.2, 0) is 19.1 Å². The Morgan fingerprint density at radius 3 is 1.80 bits per heavy atom. The van der Waals surface area contributed by atoms with Crippen LogP contribution < -0.4 is 14.2 Å². The van der Waals surface area contributed by atoms with E-state index in [0.29, 0.717) is 30.4 Å². The Morgan fingerprint density at radius 2 is 1.31 bits per heavy atom. The van der Waals surface area contributed by atoms with Gasteiger partial charge in [-0.1, -0.05) is 46.3 Å². The minimum atomic E-state index is -0.354. The molecule has 0 saturated heterocycles. The van der Waals surface area contributed by atoms with Gasteiger partial charge in [0.15, 0.2) is 6.29 Å². The first-order chi connectivity index (χ1) is 24.9. The average molecular weight is 709 g/mol. The molecule has 2 fully saturated rings. The number of carbonyl (C=O) groups is 4. The van der Waals surface area contributed by atoms with Gasteiger partial charge in [0.25, 0.3) is 0 Å². The SMILES string of the molecule is C=CC(=O)OCCCCCCOc1ccc(OC)cc1.CC.CCCC1CCC(c2ccc(OC)c(C=O)c2)CC1.O=CC1CCC(C=O)CC1. The van der Waals surface area contributed by atoms with Crippen LogP contribution in [0.2, 0.25) is 0 Å². The van der Waals surface area contributed by atoms with Crippen molar-refractivity contribution in [2.24, 2.45) is 17.8 Å². The summed E-state index contributed by atoms with van der Waals surface area (Å²) < 4.78 is 20.8. The highest BCUT2D eigenvalue weighted by atomic mass is 16.5. The molecule has 0 aromatic heterocycles. The number of carbonyl (C=O) groups excluding carboxylic acids is 4. The number of ether oxygens (including phenoxy) is 4. The maximum Gasteiger partial charge on any atom is 0.330 e. The Kier molecular flexibility index (Phi) is 25.4. The molecule has 2 aliphatic rings. The van der Waals surface area contributed by atoms with Gasteiger partial charge in [0.05, 0.1) is 33.0 Å². The lowest BCUT2D eigenvalue weighted by Gasteiger charge is -2.28. The summed E-state index contributed by atoms with van der Waals surface area (Å²) in [6.07, 6.45) is 19.5. The molecule has 0 N–H and O–H groups in total. The third-order valence-electron chi connectivity index (χ3n) is 9.38. The average Bonchev–Trinajstić information content (AvgIpc) is 3.20. The summed E-state index contributed by atoms with van der Waals surface area (Å²) in [5, 5.41) is 0. The Morgan fingerprint density at radius 1 is 0.745 bits per heavy atom. The number of esters is 1. The number of benzene rings is 2. The maximum absolute atomic E-state index is 11.1. The molecule has 2 aromatic carbocycles. The van der Waals surface area contributed by atoms with E-state index in [1.807, 2.05) is 50.2 Å². The molecule has 2 aromatic rings. The van der Waals surface area contributed by atoms with Crippen molar-refractivity contribution >= 4 is 24.8 Å². The van der Waals surface area contributed by atoms with E-state index in [1.54, 1.807) is 14.2 Å². The first-order valence-corrected chi connectivity index (χ1v) is 19.0. The van der Waals surface area contributed by atoms with E-state index in [2.05, 4.69) is 19.6 Å². The van der Waals surface area contributed by atoms with Crippen molar-refractivity contribution < 1.29 is 38.1 Å². The fraction of sp³-hybridized carbons (Fsp3) is 0.581. The largest absolute Gasteiger partial charge is 0.497 e. The van der Waals surface area contributed by atoms with Crippen LogP contribution in [0.3, 0.4) is 0 Å². The first kappa shape index (κ1) is 45.1. The molecular weight excluding hydrogens is 644 g/mol. The van der Waals surface area contributed by atoms with Crippen molar-refractivity contribution in [3.63, 3.8) is 0 Å². The third kappa shape index (κ3) is 18.7. The van der Waals surface area contributed by atoms with E-state index < -0.39 is 0 Å². The zero-order valence-corrected chi connectivity index (χ0v) is 31.9. The summed E-state index contributed by atoms with van der Waals surface area (Å²) in [4.78, 5) is 42.4. The molecule has 2 aliphatic carbocycles. The van der Waals surface area contributed by atoms with Crippen LogP contribution in [0.1, 0.15) is 133 Å². The topological polar surface area (TPSA) is 105 Å². The van der Waals surface area contributed by atoms with Gasteiger partial charge in [0.2, 0.25) is 0 Å². The predicted octanol–water partition coefficient (Wildman–Crippen LogP) is 10.2. The summed E-state index contributed by atoms with van der Waals surface area (Å²) in [6.45, 7) is 10.8. The second-order valence-corrected chi connectivity index (χ2v) is 12.9. The lowest BCUT2D eigenvalue weighted by molar-refractivity contribution is -0.137. The third-order valence-corrected chi connectivity index (χ3v) is 9.38. The Balaban J connectivity index is 0.000000391. The second-order valence-electron chi connectivity index (χ2n) is 12.9. The molecule has 0 bridgehead atoms. The predicted molar refractivity (Wildman–Crippen MR) is 205 cm³/mol. The Labute approximate surface area is 307 Å². The van der Waals surface area contributed by atoms with Crippen LogP contribution >= 0.6 is 0 Å². The highest BCUT2D eigenvalue weighted by Gasteiger charge is 2.22. The van der Waals surface area contributed by atoms with Crippen molar-refractivity contribution in [3.05, 3.63) is 66.2 Å². The maximum atomic E-state index is 11.1. The molecule has 8 nitrogen and oxygen atoms in total. The van der Waals surface area contributed by atoms with E-state index in [0.717, 1.165) is 87.6 Å². The van der Waals surface area contributed by atoms with Crippen LogP contribution in [0.25, 0.3) is 0 Å². The van der Waals surface area contributed by atoms with E-state index >= 15 is 0 Å². The number of hydrogen-bond donors (Lipinski definition) is 0. The standard InChI is InChI=1S/C17H24O2.C16H22O4.C8H12O2.C2H6/c1-3-4-13-5-7-14(8-6-13)15-9-10-17(19-2)16(11-15)12-18;1-3-16(17)20-13-7-5-4-6-12-19-15-10-8-14(18-2)9-11-15;9-5-7-1-2-8(6-10)4-3-7;1-2/h9-14H,3-8H2,1-2H3;3,8-11H,1,4-7,12-13H2,2H3;5-8H,1-4H2;1-2H3. The zero-order chi connectivity index (χ0) is 37.7. The van der Waals surface area contributed by atoms with Crippen LogP contribution in [0, 0.1) is 17.8 Å². The summed E-state index contributed by atoms with van der Waals surface area (Å²) in [7, 11) is 3.25. The van der Waals surface area contributed by atoms with Gasteiger partial charge in [0.1, 0.15) is 29.8 Å². The summed E-state index contributed by atoms with van der Waals surface area (Å²) in [5.41, 5.74) is 1.98. The van der Waals surface area contributed by atoms with Crippen LogP contribution in [0.4, 0.5) is 0 Å². The van der Waals surface area contributed by atoms with Crippen molar-refractivity contribution in [1.82, 2.24) is 0 Å². The lowest BCUT2D eigenvalue weighted by Crippen LogP contribution is -2.15. The normalized spacial score (nSPS) is 19.1. The van der Waals surface area contributed by atoms with E-state index in [1.165, 1.54) is 50.2 Å². The van der Waals surface area contributed by atoms with E-state index in [4.69, 9.17) is 18.9 Å². The highest BCUT2D eigenvalue weighted by molar-refractivity contribution is 5.81. The van der Waals surface area contributed by atoms with Gasteiger partial charge >= 0.3 is 5.97 Å². The zero-order valence-electron chi connectivity index (χ0n) is 31.9. The minimum absolute atomic E-state index is 0.233. The fourth-order valence-corrected chi connectivity index (χ4v) is 6.36. The number of unbranched alkanes of at least 4 members (excludes halogenated alkanes) is 3. The van der Waals surface area contributed by atoms with E-state index in [-0.39, 0.29) is 17.8 Å². The van der Waals surface area contributed by atoms with Gasteiger partial charge in [-0.2, -0.15) is 0 Å². The van der Waals surface area contributed by atoms with Gasteiger partial charge in [0, 0.05) is 17.9 Å². The molecule has 8 heteroatoms. The Bertz CT molecular complexity index is 1210. The van der Waals surface area contributed by atoms with Gasteiger partial charge < -0.3 is 28.5 Å². The molecule has 0 aliphatic heterocycles. The van der Waals surface area contributed by atoms with Crippen LogP contribution in [0.15, 0.2) is 55.1 Å². The molecule has 0 heterocycles. The summed E-state index contributed by atoms with van der Waals surface area (Å²) >= 11 is 0. The monoisotopic (exact) mass is 708 g/mol. The van der Waals surface area contributed by atoms with Crippen molar-refractivity contribution in [1.29, 1.82) is 0 Å². The van der Waals surface area contributed by atoms with Gasteiger partial charge in [-0.3, -0.25) is 4.79 Å². The van der Waals surface area contributed by atoms with Gasteiger partial charge in [-0.15, -0.1) is 0 Å². The van der Waals surface area contributed by atoms with Gasteiger partial charge in [-0.05, 0) is 131 Å².